The minimum absolute atomic E-state index is 0.318. The van der Waals surface area contributed by atoms with Crippen LogP contribution in [0.15, 0.2) is 4.52 Å². The second kappa shape index (κ2) is 6.72. The lowest BCUT2D eigenvalue weighted by Gasteiger charge is -2.23. The molecule has 0 saturated carbocycles. The van der Waals surface area contributed by atoms with Gasteiger partial charge < -0.3 is 19.8 Å². The van der Waals surface area contributed by atoms with Crippen LogP contribution in [-0.4, -0.2) is 51.8 Å². The van der Waals surface area contributed by atoms with Gasteiger partial charge in [0, 0.05) is 26.9 Å². The van der Waals surface area contributed by atoms with E-state index >= 15 is 0 Å². The fourth-order valence-electron chi connectivity index (χ4n) is 1.60. The molecule has 1 unspecified atom stereocenters. The number of carbonyl (C=O) groups is 2. The smallest absolute Gasteiger partial charge is 0.326 e. The normalized spacial score (nSPS) is 11.9. The van der Waals surface area contributed by atoms with Crippen LogP contribution >= 0.6 is 0 Å². The van der Waals surface area contributed by atoms with Gasteiger partial charge in [-0.05, 0) is 6.42 Å². The Balaban J connectivity index is 2.40. The molecule has 1 aromatic heterocycles. The molecule has 0 aromatic carbocycles. The Morgan fingerprint density at radius 1 is 1.53 bits per heavy atom. The molecule has 2 amide bonds. The number of aliphatic carboxylic acids is 1. The molecule has 0 aliphatic heterocycles. The molecule has 106 valence electrons. The predicted octanol–water partition coefficient (Wildman–Crippen LogP) is 0.425. The molecular weight excluding hydrogens is 252 g/mol. The second-order valence-corrected chi connectivity index (χ2v) is 4.08. The highest BCUT2D eigenvalue weighted by Crippen LogP contribution is 2.02. The molecule has 19 heavy (non-hydrogen) atoms. The molecule has 8 nitrogen and oxygen atoms in total. The maximum Gasteiger partial charge on any atom is 0.326 e. The first kappa shape index (κ1) is 14.9. The third-order valence-corrected chi connectivity index (χ3v) is 2.65. The molecule has 1 rings (SSSR count). The number of nitrogens with one attached hydrogen (secondary N) is 1. The van der Waals surface area contributed by atoms with E-state index in [0.717, 1.165) is 0 Å². The lowest BCUT2D eigenvalue weighted by atomic mass is 10.2. The van der Waals surface area contributed by atoms with Gasteiger partial charge in [-0.25, -0.2) is 9.59 Å². The lowest BCUT2D eigenvalue weighted by Crippen LogP contribution is -2.47. The maximum atomic E-state index is 11.7. The molecule has 1 aromatic rings. The zero-order valence-corrected chi connectivity index (χ0v) is 11.2. The van der Waals surface area contributed by atoms with Crippen LogP contribution in [0.4, 0.5) is 4.79 Å². The Morgan fingerprint density at radius 3 is 2.68 bits per heavy atom. The van der Waals surface area contributed by atoms with Crippen LogP contribution < -0.4 is 5.32 Å². The summed E-state index contributed by atoms with van der Waals surface area (Å²) in [5.41, 5.74) is 0. The molecule has 0 fully saturated rings. The number of aryl methyl sites for hydroxylation is 1. The Hall–Kier alpha value is -2.12. The molecule has 0 radical (unpaired) electrons. The van der Waals surface area contributed by atoms with E-state index in [1.165, 1.54) is 11.9 Å². The predicted molar refractivity (Wildman–Crippen MR) is 65.6 cm³/mol. The summed E-state index contributed by atoms with van der Waals surface area (Å²) in [5, 5.41) is 15.2. The van der Waals surface area contributed by atoms with Crippen LogP contribution in [0, 0.1) is 6.92 Å². The lowest BCUT2D eigenvalue weighted by molar-refractivity contribution is -0.141. The van der Waals surface area contributed by atoms with E-state index < -0.39 is 18.0 Å². The first-order valence-corrected chi connectivity index (χ1v) is 5.98. The Morgan fingerprint density at radius 2 is 2.21 bits per heavy atom. The van der Waals surface area contributed by atoms with Crippen LogP contribution in [0.1, 0.15) is 25.1 Å². The maximum absolute atomic E-state index is 11.7. The fourth-order valence-corrected chi connectivity index (χ4v) is 1.60. The average molecular weight is 270 g/mol. The number of carbonyl (C=O) groups excluding carboxylic acids is 1. The number of nitrogens with zero attached hydrogens (tertiary/aromatic N) is 3. The Kier molecular flexibility index (Phi) is 5.28. The number of aromatic nitrogens is 2. The highest BCUT2D eigenvalue weighted by Gasteiger charge is 2.24. The van der Waals surface area contributed by atoms with Crippen LogP contribution in [0.3, 0.4) is 0 Å². The SMILES string of the molecule is CCC(C(=O)O)N(C)C(=O)NCCc1noc(C)n1. The Bertz CT molecular complexity index is 446. The van der Waals surface area contributed by atoms with Gasteiger partial charge in [0.15, 0.2) is 5.82 Å². The second-order valence-electron chi connectivity index (χ2n) is 4.08. The van der Waals surface area contributed by atoms with Crippen LogP contribution in [0.2, 0.25) is 0 Å². The number of hydrogen-bond donors (Lipinski definition) is 2. The summed E-state index contributed by atoms with van der Waals surface area (Å²) < 4.78 is 4.79. The van der Waals surface area contributed by atoms with E-state index in [-0.39, 0.29) is 0 Å². The average Bonchev–Trinajstić information content (AvgIpc) is 2.75. The van der Waals surface area contributed by atoms with Crippen molar-refractivity contribution in [3.63, 3.8) is 0 Å². The van der Waals surface area contributed by atoms with Crippen molar-refractivity contribution in [2.24, 2.45) is 0 Å². The van der Waals surface area contributed by atoms with Crippen molar-refractivity contribution in [2.45, 2.75) is 32.7 Å². The van der Waals surface area contributed by atoms with Crippen molar-refractivity contribution < 1.29 is 19.2 Å². The molecule has 8 heteroatoms. The quantitative estimate of drug-likeness (QED) is 0.775. The highest BCUT2D eigenvalue weighted by molar-refractivity contribution is 5.82. The summed E-state index contributed by atoms with van der Waals surface area (Å²) in [6.45, 7) is 3.71. The van der Waals surface area contributed by atoms with Gasteiger partial charge in [0.1, 0.15) is 6.04 Å². The zero-order chi connectivity index (χ0) is 14.4. The van der Waals surface area contributed by atoms with E-state index in [4.69, 9.17) is 9.63 Å². The van der Waals surface area contributed by atoms with Crippen LogP contribution in [-0.2, 0) is 11.2 Å². The van der Waals surface area contributed by atoms with E-state index in [1.807, 2.05) is 0 Å². The number of hydrogen-bond acceptors (Lipinski definition) is 5. The van der Waals surface area contributed by atoms with Crippen molar-refractivity contribution in [1.82, 2.24) is 20.4 Å². The number of carboxylic acid groups (broad SMARTS) is 1. The number of amides is 2. The summed E-state index contributed by atoms with van der Waals surface area (Å²) in [7, 11) is 1.45. The van der Waals surface area contributed by atoms with Crippen LogP contribution in [0.25, 0.3) is 0 Å². The minimum Gasteiger partial charge on any atom is -0.480 e. The molecule has 0 aliphatic rings. The van der Waals surface area contributed by atoms with E-state index in [2.05, 4.69) is 15.5 Å². The van der Waals surface area contributed by atoms with Crippen molar-refractivity contribution in [3.8, 4) is 0 Å². The van der Waals surface area contributed by atoms with Gasteiger partial charge in [0.2, 0.25) is 5.89 Å². The van der Waals surface area contributed by atoms with Gasteiger partial charge in [-0.3, -0.25) is 0 Å². The van der Waals surface area contributed by atoms with Crippen molar-refractivity contribution >= 4 is 12.0 Å². The molecule has 0 saturated heterocycles. The number of likely N-dealkylation sites (N-methyl/N-ethyl adjacent to an activating group) is 1. The summed E-state index contributed by atoms with van der Waals surface area (Å²) in [4.78, 5) is 27.8. The van der Waals surface area contributed by atoms with E-state index in [0.29, 0.717) is 31.1 Å². The molecule has 0 aliphatic carbocycles. The van der Waals surface area contributed by atoms with Gasteiger partial charge in [0.05, 0.1) is 0 Å². The van der Waals surface area contributed by atoms with Gasteiger partial charge in [-0.15, -0.1) is 0 Å². The van der Waals surface area contributed by atoms with Crippen molar-refractivity contribution in [1.29, 1.82) is 0 Å². The monoisotopic (exact) mass is 270 g/mol. The van der Waals surface area contributed by atoms with Gasteiger partial charge in [-0.2, -0.15) is 4.98 Å². The third-order valence-electron chi connectivity index (χ3n) is 2.65. The third kappa shape index (κ3) is 4.23. The molecular formula is C11H18N4O4. The summed E-state index contributed by atoms with van der Waals surface area (Å²) >= 11 is 0. The largest absolute Gasteiger partial charge is 0.480 e. The summed E-state index contributed by atoms with van der Waals surface area (Å²) in [5.74, 6) is -0.0463. The minimum atomic E-state index is -1.02. The van der Waals surface area contributed by atoms with Gasteiger partial charge in [0.25, 0.3) is 0 Å². The van der Waals surface area contributed by atoms with Gasteiger partial charge >= 0.3 is 12.0 Å². The Labute approximate surface area is 110 Å². The zero-order valence-electron chi connectivity index (χ0n) is 11.2. The molecule has 2 N–H and O–H groups in total. The van der Waals surface area contributed by atoms with E-state index in [9.17, 15) is 9.59 Å². The standard InChI is InChI=1S/C11H18N4O4/c1-4-8(10(16)17)15(3)11(18)12-6-5-9-13-7(2)19-14-9/h8H,4-6H2,1-3H3,(H,12,18)(H,16,17). The molecule has 0 bridgehead atoms. The molecule has 0 spiro atoms. The van der Waals surface area contributed by atoms with Crippen molar-refractivity contribution in [3.05, 3.63) is 11.7 Å². The fraction of sp³-hybridized carbons (Fsp3) is 0.636. The first-order valence-electron chi connectivity index (χ1n) is 5.98. The summed E-state index contributed by atoms with van der Waals surface area (Å²) in [6, 6.07) is -1.26. The van der Waals surface area contributed by atoms with E-state index in [1.54, 1.807) is 13.8 Å². The summed E-state index contributed by atoms with van der Waals surface area (Å²) in [6.07, 6.45) is 0.782. The highest BCUT2D eigenvalue weighted by atomic mass is 16.5. The molecule has 1 atom stereocenters. The van der Waals surface area contributed by atoms with Gasteiger partial charge in [-0.1, -0.05) is 12.1 Å². The first-order chi connectivity index (χ1) is 8.95. The number of carboxylic acids is 1. The van der Waals surface area contributed by atoms with Crippen molar-refractivity contribution in [2.75, 3.05) is 13.6 Å². The topological polar surface area (TPSA) is 109 Å². The van der Waals surface area contributed by atoms with Crippen LogP contribution in [0.5, 0.6) is 0 Å². The number of urea groups is 1. The molecule has 1 heterocycles. The number of rotatable bonds is 6.